The van der Waals surface area contributed by atoms with Crippen molar-refractivity contribution < 1.29 is 21.6 Å². The Balaban J connectivity index is 2.22. The van der Waals surface area contributed by atoms with Crippen molar-refractivity contribution in [2.24, 2.45) is 0 Å². The molecule has 0 aliphatic carbocycles. The van der Waals surface area contributed by atoms with Crippen molar-refractivity contribution in [2.45, 2.75) is 36.0 Å². The molecule has 0 saturated carbocycles. The van der Waals surface area contributed by atoms with Gasteiger partial charge in [0.05, 0.1) is 9.79 Å². The van der Waals surface area contributed by atoms with E-state index >= 15 is 0 Å². The van der Waals surface area contributed by atoms with E-state index in [9.17, 15) is 21.6 Å². The summed E-state index contributed by atoms with van der Waals surface area (Å²) in [6.45, 7) is 3.33. The van der Waals surface area contributed by atoms with Gasteiger partial charge in [0.25, 0.3) is 0 Å². The molecule has 0 radical (unpaired) electrons. The number of hydrogen-bond donors (Lipinski definition) is 0. The number of carbonyl (C=O) groups is 1. The summed E-state index contributed by atoms with van der Waals surface area (Å²) in [4.78, 5) is 13.7. The van der Waals surface area contributed by atoms with Gasteiger partial charge in [0.2, 0.25) is 15.9 Å². The Bertz CT molecular complexity index is 834. The maximum atomic E-state index is 12.8. The van der Waals surface area contributed by atoms with Crippen molar-refractivity contribution in [3.63, 3.8) is 0 Å². The number of hydrogen-bond acceptors (Lipinski definition) is 5. The topological polar surface area (TPSA) is 91.8 Å². The van der Waals surface area contributed by atoms with Crippen LogP contribution in [0.15, 0.2) is 34.1 Å². The standard InChI is InChI=1S/C16H24N2O5S2/c1-3-6-16(19)17-9-5-10-18(12-11-17)25(22,23)15-8-4-7-14(13-15)24(2,20)21/h4,7-8,13H,3,5-6,9-12H2,1-2H3. The summed E-state index contributed by atoms with van der Waals surface area (Å²) in [6.07, 6.45) is 2.82. The zero-order valence-electron chi connectivity index (χ0n) is 14.5. The minimum Gasteiger partial charge on any atom is -0.341 e. The van der Waals surface area contributed by atoms with Crippen LogP contribution in [0.25, 0.3) is 0 Å². The molecule has 0 N–H and O–H groups in total. The molecule has 1 heterocycles. The van der Waals surface area contributed by atoms with E-state index < -0.39 is 19.9 Å². The molecule has 7 nitrogen and oxygen atoms in total. The Labute approximate surface area is 149 Å². The van der Waals surface area contributed by atoms with Gasteiger partial charge in [0.15, 0.2) is 9.84 Å². The van der Waals surface area contributed by atoms with Gasteiger partial charge >= 0.3 is 0 Å². The van der Waals surface area contributed by atoms with E-state index in [4.69, 9.17) is 0 Å². The van der Waals surface area contributed by atoms with Crippen molar-refractivity contribution in [3.05, 3.63) is 24.3 Å². The van der Waals surface area contributed by atoms with Gasteiger partial charge < -0.3 is 4.90 Å². The van der Waals surface area contributed by atoms with Crippen molar-refractivity contribution in [1.82, 2.24) is 9.21 Å². The second-order valence-electron chi connectivity index (χ2n) is 6.14. The fraction of sp³-hybridized carbons (Fsp3) is 0.562. The molecular weight excluding hydrogens is 364 g/mol. The number of amides is 1. The number of sulfonamides is 1. The third kappa shape index (κ3) is 4.80. The SMILES string of the molecule is CCCC(=O)N1CCCN(S(=O)(=O)c2cccc(S(C)(=O)=O)c2)CC1. The lowest BCUT2D eigenvalue weighted by Gasteiger charge is -2.22. The van der Waals surface area contributed by atoms with Gasteiger partial charge in [0.1, 0.15) is 0 Å². The Morgan fingerprint density at radius 3 is 2.36 bits per heavy atom. The number of benzene rings is 1. The van der Waals surface area contributed by atoms with Gasteiger partial charge in [-0.15, -0.1) is 0 Å². The highest BCUT2D eigenvalue weighted by Crippen LogP contribution is 2.21. The van der Waals surface area contributed by atoms with Gasteiger partial charge in [-0.1, -0.05) is 13.0 Å². The van der Waals surface area contributed by atoms with Crippen LogP contribution in [0.4, 0.5) is 0 Å². The molecule has 1 saturated heterocycles. The van der Waals surface area contributed by atoms with E-state index in [0.29, 0.717) is 32.5 Å². The number of sulfone groups is 1. The predicted octanol–water partition coefficient (Wildman–Crippen LogP) is 1.11. The first kappa shape index (κ1) is 19.9. The molecule has 1 fully saturated rings. The molecule has 1 amide bonds. The van der Waals surface area contributed by atoms with Crippen LogP contribution < -0.4 is 0 Å². The zero-order valence-corrected chi connectivity index (χ0v) is 16.1. The highest BCUT2D eigenvalue weighted by atomic mass is 32.2. The molecule has 9 heteroatoms. The molecule has 1 aromatic rings. The monoisotopic (exact) mass is 388 g/mol. The molecule has 0 spiro atoms. The fourth-order valence-corrected chi connectivity index (χ4v) is 5.03. The molecule has 0 atom stereocenters. The van der Waals surface area contributed by atoms with E-state index in [2.05, 4.69) is 0 Å². The second kappa shape index (κ2) is 7.84. The van der Waals surface area contributed by atoms with Crippen molar-refractivity contribution >= 4 is 25.8 Å². The number of rotatable bonds is 5. The van der Waals surface area contributed by atoms with Crippen LogP contribution in [-0.2, 0) is 24.7 Å². The minimum absolute atomic E-state index is 0.0249. The Morgan fingerprint density at radius 2 is 1.72 bits per heavy atom. The maximum absolute atomic E-state index is 12.8. The van der Waals surface area contributed by atoms with E-state index in [0.717, 1.165) is 12.7 Å². The fourth-order valence-electron chi connectivity index (χ4n) is 2.77. The van der Waals surface area contributed by atoms with E-state index in [-0.39, 0.29) is 22.2 Å². The summed E-state index contributed by atoms with van der Waals surface area (Å²) in [5.74, 6) is 0.0424. The van der Waals surface area contributed by atoms with Gasteiger partial charge in [-0.25, -0.2) is 16.8 Å². The molecule has 140 valence electrons. The highest BCUT2D eigenvalue weighted by Gasteiger charge is 2.28. The molecule has 1 aliphatic rings. The number of nitrogens with zero attached hydrogens (tertiary/aromatic N) is 2. The Kier molecular flexibility index (Phi) is 6.23. The summed E-state index contributed by atoms with van der Waals surface area (Å²) in [6, 6.07) is 5.39. The van der Waals surface area contributed by atoms with E-state index in [1.165, 1.54) is 28.6 Å². The average Bonchev–Trinajstić information content (AvgIpc) is 2.81. The molecule has 1 aliphatic heterocycles. The van der Waals surface area contributed by atoms with E-state index in [1.807, 2.05) is 6.92 Å². The van der Waals surface area contributed by atoms with E-state index in [1.54, 1.807) is 4.90 Å². The normalized spacial score (nSPS) is 17.3. The molecule has 0 bridgehead atoms. The quantitative estimate of drug-likeness (QED) is 0.754. The largest absolute Gasteiger partial charge is 0.341 e. The lowest BCUT2D eigenvalue weighted by Crippen LogP contribution is -2.37. The molecule has 25 heavy (non-hydrogen) atoms. The van der Waals surface area contributed by atoms with Crippen LogP contribution in [0.1, 0.15) is 26.2 Å². The van der Waals surface area contributed by atoms with Crippen LogP contribution in [0.5, 0.6) is 0 Å². The molecule has 0 aromatic heterocycles. The van der Waals surface area contributed by atoms with Crippen molar-refractivity contribution in [3.8, 4) is 0 Å². The van der Waals surface area contributed by atoms with Crippen LogP contribution in [0.2, 0.25) is 0 Å². The predicted molar refractivity (Wildman–Crippen MR) is 94.4 cm³/mol. The average molecular weight is 389 g/mol. The maximum Gasteiger partial charge on any atom is 0.243 e. The third-order valence-corrected chi connectivity index (χ3v) is 7.15. The first-order valence-electron chi connectivity index (χ1n) is 8.24. The van der Waals surface area contributed by atoms with Crippen molar-refractivity contribution in [1.29, 1.82) is 0 Å². The van der Waals surface area contributed by atoms with Gasteiger partial charge in [-0.2, -0.15) is 4.31 Å². The first-order valence-corrected chi connectivity index (χ1v) is 11.6. The van der Waals surface area contributed by atoms with Gasteiger partial charge in [-0.05, 0) is 31.0 Å². The first-order chi connectivity index (χ1) is 11.7. The molecule has 0 unspecified atom stereocenters. The van der Waals surface area contributed by atoms with Crippen molar-refractivity contribution in [2.75, 3.05) is 32.4 Å². The molecular formula is C16H24N2O5S2. The second-order valence-corrected chi connectivity index (χ2v) is 10.1. The summed E-state index contributed by atoms with van der Waals surface area (Å²) in [5.41, 5.74) is 0. The highest BCUT2D eigenvalue weighted by molar-refractivity contribution is 7.91. The van der Waals surface area contributed by atoms with Crippen LogP contribution in [0, 0.1) is 0 Å². The lowest BCUT2D eigenvalue weighted by molar-refractivity contribution is -0.131. The summed E-state index contributed by atoms with van der Waals surface area (Å²) >= 11 is 0. The number of carbonyl (C=O) groups excluding carboxylic acids is 1. The smallest absolute Gasteiger partial charge is 0.243 e. The Morgan fingerprint density at radius 1 is 1.04 bits per heavy atom. The van der Waals surface area contributed by atoms with Crippen LogP contribution in [0.3, 0.4) is 0 Å². The summed E-state index contributed by atoms with van der Waals surface area (Å²) in [7, 11) is -7.28. The zero-order chi connectivity index (χ0) is 18.7. The summed E-state index contributed by atoms with van der Waals surface area (Å²) in [5, 5.41) is 0. The minimum atomic E-state index is -3.80. The third-order valence-electron chi connectivity index (χ3n) is 4.14. The molecule has 1 aromatic carbocycles. The summed E-state index contributed by atoms with van der Waals surface area (Å²) < 4.78 is 50.4. The molecule has 2 rings (SSSR count). The Hall–Kier alpha value is -1.45. The van der Waals surface area contributed by atoms with Crippen LogP contribution in [-0.4, -0.2) is 64.4 Å². The lowest BCUT2D eigenvalue weighted by atomic mass is 10.3. The van der Waals surface area contributed by atoms with Crippen LogP contribution >= 0.6 is 0 Å². The van der Waals surface area contributed by atoms with Gasteiger partial charge in [0, 0.05) is 38.9 Å². The van der Waals surface area contributed by atoms with Gasteiger partial charge in [-0.3, -0.25) is 4.79 Å².